The lowest BCUT2D eigenvalue weighted by atomic mass is 10.1. The monoisotopic (exact) mass is 410 g/mol. The van der Waals surface area contributed by atoms with E-state index in [4.69, 9.17) is 24.9 Å². The molecular formula is C21H24N4O2S. The summed E-state index contributed by atoms with van der Waals surface area (Å²) in [5.74, 6) is -1.54. The molecule has 2 aromatic carbocycles. The van der Waals surface area contributed by atoms with E-state index in [-0.39, 0.29) is 10.7 Å². The number of nitrogens with one attached hydrogen (secondary N) is 2. The molecule has 3 rings (SSSR count). The second-order valence-electron chi connectivity index (χ2n) is 5.05. The number of carbonyl (C=O) groups excluding carboxylic acids is 1. The molecule has 0 fully saturated rings. The van der Waals surface area contributed by atoms with Crippen LogP contribution in [0.15, 0.2) is 59.9 Å². The quantitative estimate of drug-likeness (QED) is 0.435. The van der Waals surface area contributed by atoms with E-state index in [1.54, 1.807) is 5.32 Å². The zero-order valence-electron chi connectivity index (χ0n) is 28.2. The van der Waals surface area contributed by atoms with Gasteiger partial charge >= 0.3 is 0 Å². The summed E-state index contributed by atoms with van der Waals surface area (Å²) in [6.07, 6.45) is -9.72. The third-order valence-electron chi connectivity index (χ3n) is 3.05. The summed E-state index contributed by atoms with van der Waals surface area (Å²) < 4.78 is 115. The molecule has 1 heterocycles. The van der Waals surface area contributed by atoms with Crippen LogP contribution in [0.5, 0.6) is 0 Å². The second-order valence-corrected chi connectivity index (χ2v) is 5.87. The molecule has 0 radical (unpaired) electrons. The number of anilines is 2. The van der Waals surface area contributed by atoms with Crippen molar-refractivity contribution in [2.75, 3.05) is 24.0 Å². The van der Waals surface area contributed by atoms with Crippen LogP contribution in [-0.2, 0) is 17.5 Å². The van der Waals surface area contributed by atoms with Gasteiger partial charge in [-0.05, 0) is 36.1 Å². The Kier molecular flexibility index (Phi) is 3.11. The second kappa shape index (κ2) is 9.98. The van der Waals surface area contributed by atoms with Gasteiger partial charge in [0.05, 0.1) is 26.4 Å². The van der Waals surface area contributed by atoms with E-state index in [1.807, 2.05) is 5.32 Å². The number of thiazole rings is 1. The first-order valence-electron chi connectivity index (χ1n) is 14.7. The number of hydrogen-bond acceptors (Lipinski definition) is 6. The highest BCUT2D eigenvalue weighted by atomic mass is 32.1. The first-order chi connectivity index (χ1) is 19.0. The molecule has 0 saturated carbocycles. The summed E-state index contributed by atoms with van der Waals surface area (Å²) in [5.41, 5.74) is 2.41. The van der Waals surface area contributed by atoms with Gasteiger partial charge in [-0.15, -0.1) is 11.3 Å². The van der Waals surface area contributed by atoms with Crippen LogP contribution in [0, 0.1) is 0 Å². The van der Waals surface area contributed by atoms with Crippen molar-refractivity contribution in [2.45, 2.75) is 18.8 Å². The van der Waals surface area contributed by atoms with E-state index in [0.717, 1.165) is 0 Å². The molecule has 3 aromatic rings. The van der Waals surface area contributed by atoms with Crippen LogP contribution in [0.1, 0.15) is 42.1 Å². The van der Waals surface area contributed by atoms with Gasteiger partial charge in [0.25, 0.3) is 0 Å². The number of rotatable bonds is 9. The third kappa shape index (κ3) is 6.16. The van der Waals surface area contributed by atoms with Gasteiger partial charge < -0.3 is 21.5 Å². The molecule has 0 aliphatic heterocycles. The number of carbonyl (C=O) groups is 1. The number of amides is 1. The van der Waals surface area contributed by atoms with Gasteiger partial charge in [0, 0.05) is 28.5 Å². The Bertz CT molecular complexity index is 1490. The van der Waals surface area contributed by atoms with Crippen molar-refractivity contribution in [1.29, 1.82) is 0 Å². The highest BCUT2D eigenvalue weighted by Gasteiger charge is 2.08. The Morgan fingerprint density at radius 3 is 2.75 bits per heavy atom. The summed E-state index contributed by atoms with van der Waals surface area (Å²) in [5, 5.41) is 13.4. The molecule has 1 atom stereocenters. The zero-order valence-corrected chi connectivity index (χ0v) is 15.0. The number of aromatic nitrogens is 1. The highest BCUT2D eigenvalue weighted by Crippen LogP contribution is 2.14. The molecule has 0 unspecified atom stereocenters. The molecule has 0 spiro atoms. The molecule has 0 bridgehead atoms. The van der Waals surface area contributed by atoms with Crippen molar-refractivity contribution < 1.29 is 29.1 Å². The molecular weight excluding hydrogens is 372 g/mol. The van der Waals surface area contributed by atoms with Gasteiger partial charge in [-0.2, -0.15) is 0 Å². The fraction of sp³-hybridized carbons (Fsp3) is 0.238. The van der Waals surface area contributed by atoms with Gasteiger partial charge in [0.1, 0.15) is 0 Å². The molecule has 0 saturated heterocycles. The van der Waals surface area contributed by atoms with E-state index in [0.29, 0.717) is 11.3 Å². The molecule has 28 heavy (non-hydrogen) atoms. The SMILES string of the molecule is [2H]c1sc(N)nc1C([2H])([2H])C(=O)Nc1c([2H])c([2H])c(C([2H])([2H])C([2H])([2H])NC([2H])([2H])[C@]([2H])(O)c2ccccc2)c([2H])c1[2H]. The van der Waals surface area contributed by atoms with Gasteiger partial charge in [0.15, 0.2) is 5.13 Å². The molecule has 6 nitrogen and oxygen atoms in total. The molecule has 1 amide bonds. The van der Waals surface area contributed by atoms with E-state index in [2.05, 4.69) is 4.98 Å². The highest BCUT2D eigenvalue weighted by molar-refractivity contribution is 7.13. The van der Waals surface area contributed by atoms with Crippen LogP contribution in [0.4, 0.5) is 10.8 Å². The summed E-state index contributed by atoms with van der Waals surface area (Å²) in [7, 11) is 0. The van der Waals surface area contributed by atoms with E-state index in [1.165, 1.54) is 30.3 Å². The molecule has 1 aromatic heterocycles. The summed E-state index contributed by atoms with van der Waals surface area (Å²) in [6.45, 7) is -6.96. The number of nitrogens with zero attached hydrogens (tertiary/aromatic N) is 1. The van der Waals surface area contributed by atoms with Crippen LogP contribution in [0.2, 0.25) is 0 Å². The third-order valence-corrected chi connectivity index (χ3v) is 3.64. The Hall–Kier alpha value is -2.74. The predicted octanol–water partition coefficient (Wildman–Crippen LogP) is 2.77. The maximum Gasteiger partial charge on any atom is 0.230 e. The smallest absolute Gasteiger partial charge is 0.230 e. The number of hydrogen-bond donors (Lipinski definition) is 4. The number of nitrogen functional groups attached to an aromatic ring is 1. The van der Waals surface area contributed by atoms with Crippen LogP contribution in [-0.4, -0.2) is 29.0 Å². The normalized spacial score (nSPS) is 22.3. The van der Waals surface area contributed by atoms with E-state index in [9.17, 15) is 9.90 Å². The van der Waals surface area contributed by atoms with Gasteiger partial charge in [0.2, 0.25) is 5.91 Å². The van der Waals surface area contributed by atoms with Gasteiger partial charge in [-0.1, -0.05) is 42.4 Å². The average molecular weight is 411 g/mol. The lowest BCUT2D eigenvalue weighted by molar-refractivity contribution is -0.115. The minimum Gasteiger partial charge on any atom is -0.387 e. The van der Waals surface area contributed by atoms with Crippen molar-refractivity contribution in [3.05, 3.63) is 76.7 Å². The molecule has 0 aliphatic carbocycles. The van der Waals surface area contributed by atoms with E-state index >= 15 is 0 Å². The Labute approximate surface area is 188 Å². The van der Waals surface area contributed by atoms with Crippen molar-refractivity contribution in [3.8, 4) is 0 Å². The van der Waals surface area contributed by atoms with Crippen LogP contribution < -0.4 is 16.4 Å². The fourth-order valence-corrected chi connectivity index (χ4v) is 2.29. The maximum absolute atomic E-state index is 12.8. The predicted molar refractivity (Wildman–Crippen MR) is 113 cm³/mol. The van der Waals surface area contributed by atoms with Gasteiger partial charge in [-0.3, -0.25) is 4.79 Å². The number of nitrogens with two attached hydrogens (primary N) is 1. The maximum atomic E-state index is 12.8. The van der Waals surface area contributed by atoms with Crippen molar-refractivity contribution >= 4 is 28.1 Å². The Morgan fingerprint density at radius 1 is 1.32 bits per heavy atom. The molecule has 0 aliphatic rings. The average Bonchev–Trinajstić information content (AvgIpc) is 3.23. The lowest BCUT2D eigenvalue weighted by Gasteiger charge is -2.12. The summed E-state index contributed by atoms with van der Waals surface area (Å²) >= 11 is 0.584. The number of aliphatic hydroxyl groups is 1. The summed E-state index contributed by atoms with van der Waals surface area (Å²) in [4.78, 5) is 16.4. The molecule has 146 valence electrons. The minimum absolute atomic E-state index is 0.206. The first kappa shape index (κ1) is 8.73. The first-order valence-corrected chi connectivity index (χ1v) is 8.55. The standard InChI is InChI=1S/C21H24N4O2S/c22-21-25-18(14-28-21)12-20(27)24-17-8-6-15(7-9-17)10-11-23-13-19(26)16-4-2-1-3-5-16/h1-9,14,19,23,26H,10-13H2,(H2,22,25)(H,24,27)/t19-/m0/s1/i6D,7D,8D,9D,10D2,11D2,12D2,13D2,14D,19D. The van der Waals surface area contributed by atoms with Crippen molar-refractivity contribution in [1.82, 2.24) is 10.3 Å². The Balaban J connectivity index is 2.03. The largest absolute Gasteiger partial charge is 0.387 e. The van der Waals surface area contributed by atoms with Crippen molar-refractivity contribution in [3.63, 3.8) is 0 Å². The molecule has 7 heteroatoms. The molecule has 5 N–H and O–H groups in total. The van der Waals surface area contributed by atoms with Gasteiger partial charge in [-0.25, -0.2) is 4.98 Å². The van der Waals surface area contributed by atoms with Crippen LogP contribution in [0.3, 0.4) is 0 Å². The summed E-state index contributed by atoms with van der Waals surface area (Å²) in [6, 6.07) is 2.08. The zero-order chi connectivity index (χ0) is 32.2. The minimum atomic E-state index is -3.58. The Morgan fingerprint density at radius 2 is 2.07 bits per heavy atom. The van der Waals surface area contributed by atoms with Crippen molar-refractivity contribution in [2.24, 2.45) is 0 Å². The lowest BCUT2D eigenvalue weighted by Crippen LogP contribution is -2.23. The van der Waals surface area contributed by atoms with E-state index < -0.39 is 84.2 Å². The number of benzene rings is 2. The fourth-order valence-electron chi connectivity index (χ4n) is 1.85. The van der Waals surface area contributed by atoms with Crippen LogP contribution in [0.25, 0.3) is 0 Å². The van der Waals surface area contributed by atoms with Crippen LogP contribution >= 0.6 is 11.3 Å². The topological polar surface area (TPSA) is 100 Å².